The molecule has 5 nitrogen and oxygen atoms in total. The first-order chi connectivity index (χ1) is 8.79. The molecular formula is C13H15N3O2. The average Bonchev–Trinajstić information content (AvgIpc) is 2.39. The summed E-state index contributed by atoms with van der Waals surface area (Å²) in [5, 5.41) is 3.61. The largest absolute Gasteiger partial charge is 0.449 e. The Hall–Kier alpha value is -2.14. The van der Waals surface area contributed by atoms with E-state index in [0.29, 0.717) is 25.4 Å². The fourth-order valence-electron chi connectivity index (χ4n) is 1.52. The van der Waals surface area contributed by atoms with Gasteiger partial charge in [-0.05, 0) is 31.2 Å². The van der Waals surface area contributed by atoms with Crippen LogP contribution >= 0.6 is 0 Å². The van der Waals surface area contributed by atoms with Crippen molar-refractivity contribution in [2.75, 3.05) is 18.5 Å². The minimum absolute atomic E-state index is 0.315. The van der Waals surface area contributed by atoms with E-state index in [4.69, 9.17) is 10.5 Å². The van der Waals surface area contributed by atoms with E-state index in [9.17, 15) is 4.79 Å². The molecule has 94 valence electrons. The lowest BCUT2D eigenvalue weighted by Gasteiger charge is -2.06. The topological polar surface area (TPSA) is 77.2 Å². The van der Waals surface area contributed by atoms with Crippen molar-refractivity contribution in [1.29, 1.82) is 0 Å². The zero-order valence-electron chi connectivity index (χ0n) is 9.93. The number of rotatable bonds is 4. The highest BCUT2D eigenvalue weighted by Crippen LogP contribution is 2.14. The number of fused-ring (bicyclic) bond motifs is 1. The summed E-state index contributed by atoms with van der Waals surface area (Å²) in [6, 6.07) is 11.3. The van der Waals surface area contributed by atoms with E-state index in [-0.39, 0.29) is 0 Å². The van der Waals surface area contributed by atoms with E-state index < -0.39 is 6.09 Å². The molecule has 0 aliphatic carbocycles. The van der Waals surface area contributed by atoms with E-state index in [2.05, 4.69) is 10.3 Å². The number of hydrogen-bond acceptors (Lipinski definition) is 4. The van der Waals surface area contributed by atoms with Gasteiger partial charge in [0.05, 0.1) is 12.1 Å². The Bertz CT molecular complexity index is 543. The van der Waals surface area contributed by atoms with Gasteiger partial charge in [-0.2, -0.15) is 0 Å². The van der Waals surface area contributed by atoms with Crippen LogP contribution in [0, 0.1) is 0 Å². The minimum atomic E-state index is -0.508. The molecule has 0 fully saturated rings. The summed E-state index contributed by atoms with van der Waals surface area (Å²) < 4.78 is 4.93. The number of benzene rings is 1. The second-order valence-corrected chi connectivity index (χ2v) is 3.79. The number of hydrogen-bond donors (Lipinski definition) is 2. The number of ether oxygens (including phenoxy) is 1. The fraction of sp³-hybridized carbons (Fsp3) is 0.231. The summed E-state index contributed by atoms with van der Waals surface area (Å²) in [6.07, 6.45) is 0.143. The molecule has 5 heteroatoms. The molecule has 0 saturated heterocycles. The van der Waals surface area contributed by atoms with Crippen molar-refractivity contribution in [2.45, 2.75) is 6.42 Å². The molecule has 0 atom stereocenters. The van der Waals surface area contributed by atoms with E-state index in [1.165, 1.54) is 0 Å². The molecule has 0 radical (unpaired) electrons. The van der Waals surface area contributed by atoms with Crippen molar-refractivity contribution >= 4 is 22.8 Å². The SMILES string of the molecule is NCCCOC(=O)Nc1ccc2ccccc2n1. The molecule has 2 rings (SSSR count). The predicted molar refractivity (Wildman–Crippen MR) is 70.4 cm³/mol. The van der Waals surface area contributed by atoms with Crippen LogP contribution in [0.25, 0.3) is 10.9 Å². The summed E-state index contributed by atoms with van der Waals surface area (Å²) in [4.78, 5) is 15.7. The normalized spacial score (nSPS) is 10.3. The van der Waals surface area contributed by atoms with Gasteiger partial charge in [0.2, 0.25) is 0 Å². The number of anilines is 1. The number of carbonyl (C=O) groups excluding carboxylic acids is 1. The molecular weight excluding hydrogens is 230 g/mol. The van der Waals surface area contributed by atoms with Gasteiger partial charge in [0.1, 0.15) is 5.82 Å². The first-order valence-electron chi connectivity index (χ1n) is 5.79. The van der Waals surface area contributed by atoms with Crippen molar-refractivity contribution < 1.29 is 9.53 Å². The van der Waals surface area contributed by atoms with Crippen LogP contribution in [0.4, 0.5) is 10.6 Å². The van der Waals surface area contributed by atoms with Gasteiger partial charge in [-0.15, -0.1) is 0 Å². The van der Waals surface area contributed by atoms with E-state index in [1.54, 1.807) is 6.07 Å². The van der Waals surface area contributed by atoms with Crippen LogP contribution in [0.15, 0.2) is 36.4 Å². The van der Waals surface area contributed by atoms with Gasteiger partial charge in [-0.1, -0.05) is 18.2 Å². The lowest BCUT2D eigenvalue weighted by Crippen LogP contribution is -2.16. The Morgan fingerprint density at radius 3 is 2.94 bits per heavy atom. The molecule has 1 aromatic heterocycles. The highest BCUT2D eigenvalue weighted by molar-refractivity contribution is 5.86. The first-order valence-corrected chi connectivity index (χ1v) is 5.79. The van der Waals surface area contributed by atoms with Crippen LogP contribution in [-0.2, 0) is 4.74 Å². The van der Waals surface area contributed by atoms with Crippen molar-refractivity contribution in [3.63, 3.8) is 0 Å². The van der Waals surface area contributed by atoms with Crippen LogP contribution in [0.1, 0.15) is 6.42 Å². The Kier molecular flexibility index (Phi) is 4.09. The molecule has 1 heterocycles. The van der Waals surface area contributed by atoms with Crippen molar-refractivity contribution in [3.05, 3.63) is 36.4 Å². The molecule has 18 heavy (non-hydrogen) atoms. The number of nitrogens with one attached hydrogen (secondary N) is 1. The maximum atomic E-state index is 11.4. The summed E-state index contributed by atoms with van der Waals surface area (Å²) >= 11 is 0. The van der Waals surface area contributed by atoms with Crippen molar-refractivity contribution in [1.82, 2.24) is 4.98 Å². The van der Waals surface area contributed by atoms with Crippen LogP contribution in [0.2, 0.25) is 0 Å². The van der Waals surface area contributed by atoms with Gasteiger partial charge in [-0.3, -0.25) is 5.32 Å². The predicted octanol–water partition coefficient (Wildman–Crippen LogP) is 2.13. The molecule has 0 spiro atoms. The number of nitrogens with two attached hydrogens (primary N) is 1. The Morgan fingerprint density at radius 2 is 2.11 bits per heavy atom. The third-order valence-electron chi connectivity index (χ3n) is 2.41. The zero-order chi connectivity index (χ0) is 12.8. The number of carbonyl (C=O) groups is 1. The lowest BCUT2D eigenvalue weighted by molar-refractivity contribution is 0.161. The van der Waals surface area contributed by atoms with Gasteiger partial charge in [0.25, 0.3) is 0 Å². The molecule has 3 N–H and O–H groups in total. The number of nitrogens with zero attached hydrogens (tertiary/aromatic N) is 1. The molecule has 1 amide bonds. The summed E-state index contributed by atoms with van der Waals surface area (Å²) in [5.41, 5.74) is 6.14. The molecule has 0 bridgehead atoms. The molecule has 0 unspecified atom stereocenters. The molecule has 2 aromatic rings. The zero-order valence-corrected chi connectivity index (χ0v) is 9.93. The van der Waals surface area contributed by atoms with Crippen LogP contribution in [0.5, 0.6) is 0 Å². The fourth-order valence-corrected chi connectivity index (χ4v) is 1.52. The molecule has 0 aliphatic rings. The van der Waals surface area contributed by atoms with Gasteiger partial charge < -0.3 is 10.5 Å². The Labute approximate surface area is 105 Å². The van der Waals surface area contributed by atoms with Gasteiger partial charge in [-0.25, -0.2) is 9.78 Å². The number of para-hydroxylation sites is 1. The van der Waals surface area contributed by atoms with E-state index >= 15 is 0 Å². The number of amides is 1. The number of aromatic nitrogens is 1. The van der Waals surface area contributed by atoms with E-state index in [0.717, 1.165) is 10.9 Å². The first kappa shape index (κ1) is 12.3. The maximum Gasteiger partial charge on any atom is 0.412 e. The summed E-state index contributed by atoms with van der Waals surface area (Å²) in [6.45, 7) is 0.817. The van der Waals surface area contributed by atoms with E-state index in [1.807, 2.05) is 30.3 Å². The third kappa shape index (κ3) is 3.18. The summed E-state index contributed by atoms with van der Waals surface area (Å²) in [7, 11) is 0. The standard InChI is InChI=1S/C13H15N3O2/c14-8-3-9-18-13(17)16-12-7-6-10-4-1-2-5-11(10)15-12/h1-2,4-7H,3,8-9,14H2,(H,15,16,17). The Balaban J connectivity index is 2.01. The molecule has 1 aromatic carbocycles. The number of pyridine rings is 1. The highest BCUT2D eigenvalue weighted by Gasteiger charge is 2.04. The smallest absolute Gasteiger partial charge is 0.412 e. The molecule has 0 aliphatic heterocycles. The van der Waals surface area contributed by atoms with Gasteiger partial charge >= 0.3 is 6.09 Å². The van der Waals surface area contributed by atoms with Crippen molar-refractivity contribution in [2.24, 2.45) is 5.73 Å². The van der Waals surface area contributed by atoms with Gasteiger partial charge in [0.15, 0.2) is 0 Å². The Morgan fingerprint density at radius 1 is 1.28 bits per heavy atom. The van der Waals surface area contributed by atoms with Crippen molar-refractivity contribution in [3.8, 4) is 0 Å². The quantitative estimate of drug-likeness (QED) is 0.809. The monoisotopic (exact) mass is 245 g/mol. The third-order valence-corrected chi connectivity index (χ3v) is 2.41. The van der Waals surface area contributed by atoms with Crippen LogP contribution in [-0.4, -0.2) is 24.2 Å². The lowest BCUT2D eigenvalue weighted by atomic mass is 10.2. The van der Waals surface area contributed by atoms with Crippen LogP contribution in [0.3, 0.4) is 0 Å². The average molecular weight is 245 g/mol. The minimum Gasteiger partial charge on any atom is -0.449 e. The maximum absolute atomic E-state index is 11.4. The van der Waals surface area contributed by atoms with Crippen LogP contribution < -0.4 is 11.1 Å². The van der Waals surface area contributed by atoms with Gasteiger partial charge in [0, 0.05) is 5.39 Å². The second kappa shape index (κ2) is 5.97. The second-order valence-electron chi connectivity index (χ2n) is 3.79. The summed E-state index contributed by atoms with van der Waals surface area (Å²) in [5.74, 6) is 0.478. The highest BCUT2D eigenvalue weighted by atomic mass is 16.5. The molecule has 0 saturated carbocycles.